The third-order valence-corrected chi connectivity index (χ3v) is 4.99. The van der Waals surface area contributed by atoms with Crippen molar-refractivity contribution in [3.8, 4) is 0 Å². The average molecular weight is 355 g/mol. The monoisotopic (exact) mass is 355 g/mol. The van der Waals surface area contributed by atoms with E-state index in [1.807, 2.05) is 40.8 Å². The van der Waals surface area contributed by atoms with E-state index in [1.54, 1.807) is 10.8 Å². The smallest absolute Gasteiger partial charge is 0.331 e. The van der Waals surface area contributed by atoms with Crippen molar-refractivity contribution in [3.05, 3.63) is 46.0 Å². The Morgan fingerprint density at radius 1 is 1.23 bits per heavy atom. The van der Waals surface area contributed by atoms with Crippen molar-refractivity contribution in [3.63, 3.8) is 0 Å². The molecule has 6 nitrogen and oxygen atoms in total. The van der Waals surface area contributed by atoms with Crippen LogP contribution in [0, 0.1) is 27.7 Å². The number of carbonyl (C=O) groups is 2. The Morgan fingerprint density at radius 2 is 1.92 bits per heavy atom. The molecule has 0 bridgehead atoms. The molecule has 2 aromatic rings. The fourth-order valence-corrected chi connectivity index (χ4v) is 3.40. The number of rotatable bonds is 6. The van der Waals surface area contributed by atoms with Crippen LogP contribution in [0.15, 0.2) is 12.1 Å². The van der Waals surface area contributed by atoms with Crippen molar-refractivity contribution in [2.75, 3.05) is 6.61 Å². The van der Waals surface area contributed by atoms with E-state index >= 15 is 0 Å². The van der Waals surface area contributed by atoms with Gasteiger partial charge in [0.2, 0.25) is 5.78 Å². The highest BCUT2D eigenvalue weighted by molar-refractivity contribution is 6.00. The van der Waals surface area contributed by atoms with Crippen LogP contribution in [0.3, 0.4) is 0 Å². The number of ether oxygens (including phenoxy) is 1. The predicted octanol–water partition coefficient (Wildman–Crippen LogP) is 3.23. The molecule has 1 saturated carbocycles. The predicted molar refractivity (Wildman–Crippen MR) is 99.2 cm³/mol. The number of esters is 1. The minimum atomic E-state index is -0.531. The zero-order valence-corrected chi connectivity index (χ0v) is 16.0. The second kappa shape index (κ2) is 6.94. The van der Waals surface area contributed by atoms with E-state index in [0.29, 0.717) is 11.6 Å². The molecule has 0 radical (unpaired) electrons. The fraction of sp³-hybridized carbons (Fsp3) is 0.450. The fourth-order valence-electron chi connectivity index (χ4n) is 3.40. The van der Waals surface area contributed by atoms with Crippen molar-refractivity contribution >= 4 is 17.8 Å². The summed E-state index contributed by atoms with van der Waals surface area (Å²) in [5.74, 6) is -0.697. The first kappa shape index (κ1) is 18.2. The molecule has 0 aliphatic heterocycles. The molecule has 0 amide bonds. The largest absolute Gasteiger partial charge is 0.454 e. The Kier molecular flexibility index (Phi) is 4.85. The molecule has 2 heterocycles. The van der Waals surface area contributed by atoms with Crippen LogP contribution >= 0.6 is 0 Å². The summed E-state index contributed by atoms with van der Waals surface area (Å²) in [4.78, 5) is 24.4. The van der Waals surface area contributed by atoms with Crippen LogP contribution in [-0.4, -0.2) is 32.7 Å². The summed E-state index contributed by atoms with van der Waals surface area (Å²) in [5, 5.41) is 4.30. The van der Waals surface area contributed by atoms with Crippen LogP contribution in [0.2, 0.25) is 0 Å². The number of ketones is 1. The van der Waals surface area contributed by atoms with E-state index in [2.05, 4.69) is 9.67 Å². The van der Waals surface area contributed by atoms with Crippen molar-refractivity contribution < 1.29 is 14.3 Å². The SMILES string of the molecule is Cc1nn(C)c(C)c1/C=C/C(=O)OCC(=O)c1cc(C)n(C2CC2)c1C. The van der Waals surface area contributed by atoms with Gasteiger partial charge in [0.15, 0.2) is 6.61 Å². The second-order valence-electron chi connectivity index (χ2n) is 6.96. The number of nitrogens with zero attached hydrogens (tertiary/aromatic N) is 3. The van der Waals surface area contributed by atoms with Crippen LogP contribution in [0.1, 0.15) is 57.6 Å². The lowest BCUT2D eigenvalue weighted by atomic mass is 10.1. The Labute approximate surface area is 153 Å². The molecule has 0 aromatic carbocycles. The van der Waals surface area contributed by atoms with Gasteiger partial charge < -0.3 is 9.30 Å². The standard InChI is InChI=1S/C20H25N3O3/c1-12-10-18(15(4)23(12)16-6-7-16)19(24)11-26-20(25)9-8-17-13(2)21-22(5)14(17)3/h8-10,16H,6-7,11H2,1-5H3/b9-8+. The molecule has 1 aliphatic carbocycles. The first-order chi connectivity index (χ1) is 12.3. The molecule has 26 heavy (non-hydrogen) atoms. The lowest BCUT2D eigenvalue weighted by molar-refractivity contribution is -0.136. The molecule has 0 unspecified atom stereocenters. The maximum atomic E-state index is 12.4. The summed E-state index contributed by atoms with van der Waals surface area (Å²) in [6.07, 6.45) is 5.36. The van der Waals surface area contributed by atoms with Gasteiger partial charge >= 0.3 is 5.97 Å². The van der Waals surface area contributed by atoms with Crippen molar-refractivity contribution in [1.82, 2.24) is 14.3 Å². The van der Waals surface area contributed by atoms with E-state index in [0.717, 1.165) is 41.2 Å². The Hall–Kier alpha value is -2.63. The van der Waals surface area contributed by atoms with Crippen molar-refractivity contribution in [1.29, 1.82) is 0 Å². The van der Waals surface area contributed by atoms with Crippen LogP contribution in [0.25, 0.3) is 6.08 Å². The summed E-state index contributed by atoms with van der Waals surface area (Å²) in [6, 6.07) is 2.41. The molecule has 0 spiro atoms. The maximum absolute atomic E-state index is 12.4. The van der Waals surface area contributed by atoms with Crippen LogP contribution in [0.5, 0.6) is 0 Å². The van der Waals surface area contributed by atoms with Gasteiger partial charge in [0.25, 0.3) is 0 Å². The third kappa shape index (κ3) is 3.49. The minimum Gasteiger partial charge on any atom is -0.454 e. The lowest BCUT2D eigenvalue weighted by Gasteiger charge is -2.07. The summed E-state index contributed by atoms with van der Waals surface area (Å²) >= 11 is 0. The molecule has 6 heteroatoms. The first-order valence-corrected chi connectivity index (χ1v) is 8.86. The highest BCUT2D eigenvalue weighted by Crippen LogP contribution is 2.38. The van der Waals surface area contributed by atoms with E-state index in [9.17, 15) is 9.59 Å². The lowest BCUT2D eigenvalue weighted by Crippen LogP contribution is -2.13. The van der Waals surface area contributed by atoms with E-state index in [1.165, 1.54) is 6.08 Å². The van der Waals surface area contributed by atoms with Gasteiger partial charge in [-0.25, -0.2) is 4.79 Å². The third-order valence-electron chi connectivity index (χ3n) is 4.99. The normalized spacial score (nSPS) is 14.2. The maximum Gasteiger partial charge on any atom is 0.331 e. The zero-order valence-electron chi connectivity index (χ0n) is 16.0. The van der Waals surface area contributed by atoms with E-state index in [-0.39, 0.29) is 12.4 Å². The van der Waals surface area contributed by atoms with Gasteiger partial charge in [-0.3, -0.25) is 9.48 Å². The molecule has 2 aromatic heterocycles. The van der Waals surface area contributed by atoms with Crippen LogP contribution in [-0.2, 0) is 16.6 Å². The average Bonchev–Trinajstić information content (AvgIpc) is 3.32. The Bertz CT molecular complexity index is 898. The van der Waals surface area contributed by atoms with Crippen molar-refractivity contribution in [2.24, 2.45) is 7.05 Å². The number of Topliss-reactive ketones (excluding diaryl/α,β-unsaturated/α-hetero) is 1. The highest BCUT2D eigenvalue weighted by Gasteiger charge is 2.28. The number of hydrogen-bond acceptors (Lipinski definition) is 4. The second-order valence-corrected chi connectivity index (χ2v) is 6.96. The summed E-state index contributed by atoms with van der Waals surface area (Å²) in [6.45, 7) is 7.54. The van der Waals surface area contributed by atoms with E-state index < -0.39 is 5.97 Å². The number of carbonyl (C=O) groups excluding carboxylic acids is 2. The first-order valence-electron chi connectivity index (χ1n) is 8.86. The molecule has 3 rings (SSSR count). The Balaban J connectivity index is 1.62. The summed E-state index contributed by atoms with van der Waals surface area (Å²) < 4.78 is 9.11. The minimum absolute atomic E-state index is 0.166. The molecule has 0 saturated heterocycles. The van der Waals surface area contributed by atoms with Crippen molar-refractivity contribution in [2.45, 2.75) is 46.6 Å². The Morgan fingerprint density at radius 3 is 2.50 bits per heavy atom. The molecule has 0 atom stereocenters. The van der Waals surface area contributed by atoms with Crippen LogP contribution in [0.4, 0.5) is 0 Å². The van der Waals surface area contributed by atoms with Gasteiger partial charge in [-0.2, -0.15) is 5.10 Å². The van der Waals surface area contributed by atoms with Gasteiger partial charge in [0.1, 0.15) is 0 Å². The molecular formula is C20H25N3O3. The van der Waals surface area contributed by atoms with Gasteiger partial charge in [-0.1, -0.05) is 0 Å². The van der Waals surface area contributed by atoms with E-state index in [4.69, 9.17) is 4.74 Å². The quantitative estimate of drug-likeness (QED) is 0.453. The van der Waals surface area contributed by atoms with Gasteiger partial charge in [-0.15, -0.1) is 0 Å². The zero-order chi connectivity index (χ0) is 19.0. The topological polar surface area (TPSA) is 66.1 Å². The summed E-state index contributed by atoms with van der Waals surface area (Å²) in [5.41, 5.74) is 5.40. The number of hydrogen-bond donors (Lipinski definition) is 0. The number of aryl methyl sites for hydroxylation is 3. The van der Waals surface area contributed by atoms with Gasteiger partial charge in [0.05, 0.1) is 5.69 Å². The molecule has 1 aliphatic rings. The molecular weight excluding hydrogens is 330 g/mol. The molecule has 0 N–H and O–H groups in total. The van der Waals surface area contributed by atoms with Gasteiger partial charge in [-0.05, 0) is 52.7 Å². The molecule has 138 valence electrons. The summed E-state index contributed by atoms with van der Waals surface area (Å²) in [7, 11) is 1.86. The van der Waals surface area contributed by atoms with Gasteiger partial charge in [0, 0.05) is 47.4 Å². The van der Waals surface area contributed by atoms with Crippen LogP contribution < -0.4 is 0 Å². The molecule has 1 fully saturated rings. The number of aromatic nitrogens is 3. The highest BCUT2D eigenvalue weighted by atomic mass is 16.5.